The maximum atomic E-state index is 12.8. The molecule has 0 heterocycles. The minimum absolute atomic E-state index is 0.200. The summed E-state index contributed by atoms with van der Waals surface area (Å²) in [5.41, 5.74) is 0.365. The summed E-state index contributed by atoms with van der Waals surface area (Å²) in [5.74, 6) is 1.07. The fourth-order valence-corrected chi connectivity index (χ4v) is 2.74. The molecule has 0 unspecified atom stereocenters. The number of carbonyl (C=O) groups is 1. The Hall–Kier alpha value is -1.35. The van der Waals surface area contributed by atoms with E-state index in [0.717, 1.165) is 37.0 Å². The number of benzene rings is 1. The second-order valence-electron chi connectivity index (χ2n) is 5.80. The molecule has 0 saturated heterocycles. The predicted molar refractivity (Wildman–Crippen MR) is 81.4 cm³/mol. The van der Waals surface area contributed by atoms with Crippen LogP contribution >= 0.6 is 0 Å². The Bertz CT molecular complexity index is 456. The lowest BCUT2D eigenvalue weighted by atomic mass is 9.83. The van der Waals surface area contributed by atoms with E-state index in [2.05, 4.69) is 13.8 Å². The van der Waals surface area contributed by atoms with Gasteiger partial charge in [-0.25, -0.2) is 0 Å². The van der Waals surface area contributed by atoms with Gasteiger partial charge in [0, 0.05) is 5.56 Å². The summed E-state index contributed by atoms with van der Waals surface area (Å²) in [5, 5.41) is 0. The minimum atomic E-state index is -0.404. The largest absolute Gasteiger partial charge is 0.490 e. The summed E-state index contributed by atoms with van der Waals surface area (Å²) in [6, 6.07) is 7.61. The van der Waals surface area contributed by atoms with E-state index >= 15 is 0 Å². The summed E-state index contributed by atoms with van der Waals surface area (Å²) < 4.78 is 5.72. The molecule has 0 atom stereocenters. The van der Waals surface area contributed by atoms with Gasteiger partial charge in [-0.3, -0.25) is 9.69 Å². The molecule has 0 amide bonds. The Morgan fingerprint density at radius 3 is 2.15 bits per heavy atom. The molecule has 1 fully saturated rings. The zero-order chi connectivity index (χ0) is 14.8. The lowest BCUT2D eigenvalue weighted by molar-refractivity contribution is 0.0656. The fraction of sp³-hybridized carbons (Fsp3) is 0.588. The maximum absolute atomic E-state index is 12.8. The molecule has 0 aliphatic heterocycles. The number of ketones is 1. The molecule has 0 N–H and O–H groups in total. The highest BCUT2D eigenvalue weighted by Gasteiger charge is 2.37. The van der Waals surface area contributed by atoms with Crippen molar-refractivity contribution in [2.45, 2.75) is 51.2 Å². The summed E-state index contributed by atoms with van der Waals surface area (Å²) >= 11 is 0. The van der Waals surface area contributed by atoms with Crippen molar-refractivity contribution < 1.29 is 9.53 Å². The third kappa shape index (κ3) is 2.88. The topological polar surface area (TPSA) is 29.5 Å². The van der Waals surface area contributed by atoms with Crippen LogP contribution in [0.4, 0.5) is 0 Å². The zero-order valence-corrected chi connectivity index (χ0v) is 13.0. The van der Waals surface area contributed by atoms with E-state index in [-0.39, 0.29) is 5.78 Å². The summed E-state index contributed by atoms with van der Waals surface area (Å²) in [6.07, 6.45) is 4.32. The average molecular weight is 275 g/mol. The highest BCUT2D eigenvalue weighted by atomic mass is 16.5. The smallest absolute Gasteiger partial charge is 0.183 e. The van der Waals surface area contributed by atoms with Crippen molar-refractivity contribution in [1.29, 1.82) is 0 Å². The number of Topliss-reactive ketones (excluding diaryl/α,β-unsaturated/α-hetero) is 1. The van der Waals surface area contributed by atoms with Gasteiger partial charge >= 0.3 is 0 Å². The van der Waals surface area contributed by atoms with Gasteiger partial charge in [0.25, 0.3) is 0 Å². The number of likely N-dealkylation sites (N-methyl/N-ethyl adjacent to an activating group) is 1. The first kappa shape index (κ1) is 15.0. The molecule has 1 aromatic rings. The van der Waals surface area contributed by atoms with Crippen molar-refractivity contribution in [2.24, 2.45) is 0 Å². The first-order valence-corrected chi connectivity index (χ1v) is 7.52. The number of hydrogen-bond acceptors (Lipinski definition) is 3. The molecule has 0 bridgehead atoms. The van der Waals surface area contributed by atoms with Crippen LogP contribution in [0.3, 0.4) is 0 Å². The van der Waals surface area contributed by atoms with Crippen molar-refractivity contribution >= 4 is 5.78 Å². The Labute approximate surface area is 121 Å². The van der Waals surface area contributed by atoms with Crippen molar-refractivity contribution in [2.75, 3.05) is 14.1 Å². The van der Waals surface area contributed by atoms with Gasteiger partial charge in [-0.1, -0.05) is 13.8 Å². The number of nitrogens with zero attached hydrogens (tertiary/aromatic N) is 1. The third-order valence-electron chi connectivity index (χ3n) is 4.39. The van der Waals surface area contributed by atoms with Crippen LogP contribution in [0.25, 0.3) is 0 Å². The Balaban J connectivity index is 2.18. The molecule has 0 spiro atoms. The van der Waals surface area contributed by atoms with Gasteiger partial charge in [-0.05, 0) is 64.0 Å². The van der Waals surface area contributed by atoms with E-state index in [1.54, 1.807) is 0 Å². The van der Waals surface area contributed by atoms with Gasteiger partial charge in [0.05, 0.1) is 11.6 Å². The molecule has 110 valence electrons. The molecule has 3 nitrogen and oxygen atoms in total. The van der Waals surface area contributed by atoms with Crippen LogP contribution < -0.4 is 4.74 Å². The average Bonchev–Trinajstić information content (AvgIpc) is 3.25. The molecule has 3 heteroatoms. The van der Waals surface area contributed by atoms with E-state index < -0.39 is 5.54 Å². The van der Waals surface area contributed by atoms with E-state index in [1.165, 1.54) is 0 Å². The van der Waals surface area contributed by atoms with Crippen molar-refractivity contribution in [3.05, 3.63) is 29.8 Å². The van der Waals surface area contributed by atoms with E-state index in [9.17, 15) is 4.79 Å². The third-order valence-corrected chi connectivity index (χ3v) is 4.39. The fourth-order valence-electron chi connectivity index (χ4n) is 2.74. The van der Waals surface area contributed by atoms with E-state index in [4.69, 9.17) is 4.74 Å². The Kier molecular flexibility index (Phi) is 4.48. The minimum Gasteiger partial charge on any atom is -0.490 e. The zero-order valence-electron chi connectivity index (χ0n) is 13.0. The lowest BCUT2D eigenvalue weighted by Crippen LogP contribution is -2.50. The van der Waals surface area contributed by atoms with E-state index in [0.29, 0.717) is 6.10 Å². The number of carbonyl (C=O) groups excluding carboxylic acids is 1. The molecule has 1 saturated carbocycles. The molecular weight excluding hydrogens is 250 g/mol. The molecule has 0 aromatic heterocycles. The number of rotatable bonds is 7. The first-order valence-electron chi connectivity index (χ1n) is 7.52. The summed E-state index contributed by atoms with van der Waals surface area (Å²) in [7, 11) is 3.96. The van der Waals surface area contributed by atoms with Crippen molar-refractivity contribution in [1.82, 2.24) is 4.90 Å². The Morgan fingerprint density at radius 2 is 1.75 bits per heavy atom. The van der Waals surface area contributed by atoms with Gasteiger partial charge < -0.3 is 4.74 Å². The quantitative estimate of drug-likeness (QED) is 0.713. The molecule has 2 rings (SSSR count). The normalized spacial score (nSPS) is 15.4. The van der Waals surface area contributed by atoms with Crippen LogP contribution in [0.15, 0.2) is 24.3 Å². The molecule has 1 aliphatic rings. The lowest BCUT2D eigenvalue weighted by Gasteiger charge is -2.37. The molecule has 1 aromatic carbocycles. The second kappa shape index (κ2) is 5.96. The Morgan fingerprint density at radius 1 is 1.20 bits per heavy atom. The SMILES string of the molecule is CCC(CC)(C(=O)c1ccc(OC2CC2)cc1)N(C)C. The second-order valence-corrected chi connectivity index (χ2v) is 5.80. The summed E-state index contributed by atoms with van der Waals surface area (Å²) in [4.78, 5) is 14.9. The standard InChI is InChI=1S/C17H25NO2/c1-5-17(6-2,18(3)4)16(19)13-7-9-14(10-8-13)20-15-11-12-15/h7-10,15H,5-6,11-12H2,1-4H3. The monoisotopic (exact) mass is 275 g/mol. The molecule has 0 radical (unpaired) electrons. The van der Waals surface area contributed by atoms with Gasteiger partial charge in [0.1, 0.15) is 5.75 Å². The number of ether oxygens (including phenoxy) is 1. The molecule has 1 aliphatic carbocycles. The van der Waals surface area contributed by atoms with Crippen LogP contribution in [-0.4, -0.2) is 36.4 Å². The van der Waals surface area contributed by atoms with Gasteiger partial charge in [-0.15, -0.1) is 0 Å². The molecular formula is C17H25NO2. The van der Waals surface area contributed by atoms with Crippen LogP contribution in [0.2, 0.25) is 0 Å². The van der Waals surface area contributed by atoms with Crippen LogP contribution in [0, 0.1) is 0 Å². The van der Waals surface area contributed by atoms with Crippen molar-refractivity contribution in [3.63, 3.8) is 0 Å². The first-order chi connectivity index (χ1) is 9.53. The van der Waals surface area contributed by atoms with E-state index in [1.807, 2.05) is 43.3 Å². The highest BCUT2D eigenvalue weighted by Crippen LogP contribution is 2.29. The predicted octanol–water partition coefficient (Wildman–Crippen LogP) is 3.53. The van der Waals surface area contributed by atoms with Gasteiger partial charge in [0.15, 0.2) is 5.78 Å². The van der Waals surface area contributed by atoms with Crippen LogP contribution in [0.5, 0.6) is 5.75 Å². The van der Waals surface area contributed by atoms with Crippen LogP contribution in [0.1, 0.15) is 49.9 Å². The van der Waals surface area contributed by atoms with Crippen LogP contribution in [-0.2, 0) is 0 Å². The number of hydrogen-bond donors (Lipinski definition) is 0. The highest BCUT2D eigenvalue weighted by molar-refractivity contribution is 6.03. The summed E-state index contributed by atoms with van der Waals surface area (Å²) in [6.45, 7) is 4.15. The molecule has 20 heavy (non-hydrogen) atoms. The van der Waals surface area contributed by atoms with Gasteiger partial charge in [0.2, 0.25) is 0 Å². The van der Waals surface area contributed by atoms with Crippen molar-refractivity contribution in [3.8, 4) is 5.75 Å². The van der Waals surface area contributed by atoms with Gasteiger partial charge in [-0.2, -0.15) is 0 Å². The maximum Gasteiger partial charge on any atom is 0.183 e.